The Balaban J connectivity index is 3.26. The molecular weight excluding hydrogens is 192 g/mol. The van der Waals surface area contributed by atoms with E-state index in [9.17, 15) is 0 Å². The maximum absolute atomic E-state index is 8.68. The van der Waals surface area contributed by atoms with Crippen LogP contribution in [-0.2, 0) is 0 Å². The van der Waals surface area contributed by atoms with Gasteiger partial charge in [-0.2, -0.15) is 10.5 Å². The maximum atomic E-state index is 8.68. The zero-order valence-electron chi connectivity index (χ0n) is 8.83. The van der Waals surface area contributed by atoms with Gasteiger partial charge in [-0.3, -0.25) is 0 Å². The highest BCUT2D eigenvalue weighted by atomic mass is 32.2. The summed E-state index contributed by atoms with van der Waals surface area (Å²) in [6, 6.07) is 2.15. The third-order valence-corrected chi connectivity index (χ3v) is 2.89. The van der Waals surface area contributed by atoms with Gasteiger partial charge in [-0.1, -0.05) is 45.4 Å². The summed E-state index contributed by atoms with van der Waals surface area (Å²) >= 11 is 1.09. The fraction of sp³-hybridized carbons (Fsp3) is 0.818. The van der Waals surface area contributed by atoms with Crippen LogP contribution in [0.15, 0.2) is 0 Å². The number of rotatable bonds is 8. The van der Waals surface area contributed by atoms with Gasteiger partial charge in [0.2, 0.25) is 0 Å². The average Bonchev–Trinajstić information content (AvgIpc) is 2.21. The van der Waals surface area contributed by atoms with Crippen LogP contribution in [0.25, 0.3) is 0 Å². The first kappa shape index (κ1) is 13.3. The molecular formula is C11H18N2S. The number of nitrogens with zero attached hydrogens (tertiary/aromatic N) is 2. The van der Waals surface area contributed by atoms with Crippen molar-refractivity contribution in [2.75, 3.05) is 0 Å². The van der Waals surface area contributed by atoms with Crippen LogP contribution in [0.4, 0.5) is 0 Å². The minimum Gasteiger partial charge on any atom is -0.197 e. The second-order valence-corrected chi connectivity index (χ2v) is 4.37. The van der Waals surface area contributed by atoms with Crippen molar-refractivity contribution < 1.29 is 0 Å². The van der Waals surface area contributed by atoms with Crippen LogP contribution in [-0.4, -0.2) is 5.25 Å². The molecule has 2 nitrogen and oxygen atoms in total. The number of hydrogen-bond donors (Lipinski definition) is 0. The lowest BCUT2D eigenvalue weighted by molar-refractivity contribution is 0.596. The molecule has 0 fully saturated rings. The topological polar surface area (TPSA) is 47.6 Å². The molecule has 0 aliphatic heterocycles. The second kappa shape index (κ2) is 10.4. The van der Waals surface area contributed by atoms with Crippen LogP contribution in [0.5, 0.6) is 0 Å². The first-order valence-corrected chi connectivity index (χ1v) is 6.17. The van der Waals surface area contributed by atoms with Crippen LogP contribution in [0, 0.1) is 22.0 Å². The minimum atomic E-state index is -0.119. The van der Waals surface area contributed by atoms with Crippen LogP contribution < -0.4 is 0 Å². The van der Waals surface area contributed by atoms with Gasteiger partial charge in [0.1, 0.15) is 10.7 Å². The lowest BCUT2D eigenvalue weighted by Crippen LogP contribution is -1.96. The molecule has 0 aliphatic carbocycles. The lowest BCUT2D eigenvalue weighted by Gasteiger charge is -2.03. The zero-order valence-corrected chi connectivity index (χ0v) is 9.65. The third kappa shape index (κ3) is 7.95. The molecule has 1 unspecified atom stereocenters. The van der Waals surface area contributed by atoms with E-state index < -0.39 is 0 Å². The largest absolute Gasteiger partial charge is 0.197 e. The lowest BCUT2D eigenvalue weighted by atomic mass is 10.1. The van der Waals surface area contributed by atoms with Gasteiger partial charge in [0.25, 0.3) is 0 Å². The summed E-state index contributed by atoms with van der Waals surface area (Å²) < 4.78 is 0. The van der Waals surface area contributed by atoms with Gasteiger partial charge in [0.05, 0.1) is 6.07 Å². The van der Waals surface area contributed by atoms with Gasteiger partial charge in [-0.15, -0.1) is 0 Å². The molecule has 0 bridgehead atoms. The Kier molecular flexibility index (Phi) is 9.91. The first-order valence-electron chi connectivity index (χ1n) is 5.29. The quantitative estimate of drug-likeness (QED) is 0.451. The van der Waals surface area contributed by atoms with Gasteiger partial charge in [0, 0.05) is 0 Å². The van der Waals surface area contributed by atoms with E-state index in [2.05, 4.69) is 13.0 Å². The summed E-state index contributed by atoms with van der Waals surface area (Å²) in [7, 11) is 0. The molecule has 0 aliphatic rings. The fourth-order valence-electron chi connectivity index (χ4n) is 1.32. The molecule has 0 radical (unpaired) electrons. The summed E-state index contributed by atoms with van der Waals surface area (Å²) in [6.07, 6.45) is 8.30. The molecule has 14 heavy (non-hydrogen) atoms. The van der Waals surface area contributed by atoms with Crippen molar-refractivity contribution in [2.45, 2.75) is 57.1 Å². The van der Waals surface area contributed by atoms with E-state index in [1.807, 2.05) is 5.40 Å². The predicted octanol–water partition coefficient (Wildman–Crippen LogP) is 3.84. The molecule has 1 atom stereocenters. The van der Waals surface area contributed by atoms with Gasteiger partial charge >= 0.3 is 0 Å². The Morgan fingerprint density at radius 1 is 1.07 bits per heavy atom. The fourth-order valence-corrected chi connectivity index (χ4v) is 1.79. The van der Waals surface area contributed by atoms with E-state index in [4.69, 9.17) is 10.5 Å². The summed E-state index contributed by atoms with van der Waals surface area (Å²) in [5, 5.41) is 18.9. The molecule has 0 aromatic heterocycles. The molecule has 0 heterocycles. The first-order chi connectivity index (χ1) is 6.85. The summed E-state index contributed by atoms with van der Waals surface area (Å²) in [5.74, 6) is 0. The Morgan fingerprint density at radius 2 is 1.71 bits per heavy atom. The monoisotopic (exact) mass is 210 g/mol. The number of thiocyanates is 1. The molecule has 0 aromatic rings. The van der Waals surface area contributed by atoms with E-state index in [1.165, 1.54) is 32.1 Å². The highest BCUT2D eigenvalue weighted by molar-refractivity contribution is 8.04. The SMILES string of the molecule is CCCCCCCCC(C#N)SC#N. The van der Waals surface area contributed by atoms with Crippen molar-refractivity contribution in [3.8, 4) is 11.5 Å². The zero-order chi connectivity index (χ0) is 10.6. The number of nitriles is 2. The van der Waals surface area contributed by atoms with E-state index in [0.29, 0.717) is 0 Å². The molecule has 0 saturated carbocycles. The standard InChI is InChI=1S/C11H18N2S/c1-2-3-4-5-6-7-8-11(9-12)14-10-13/h11H,2-8H2,1H3. The number of hydrogen-bond acceptors (Lipinski definition) is 3. The highest BCUT2D eigenvalue weighted by Crippen LogP contribution is 2.16. The Bertz CT molecular complexity index is 202. The Hall–Kier alpha value is -0.670. The van der Waals surface area contributed by atoms with Crippen molar-refractivity contribution in [2.24, 2.45) is 0 Å². The molecule has 0 rings (SSSR count). The van der Waals surface area contributed by atoms with E-state index in [0.717, 1.165) is 24.6 Å². The summed E-state index contributed by atoms with van der Waals surface area (Å²) in [5.41, 5.74) is 0. The summed E-state index contributed by atoms with van der Waals surface area (Å²) in [4.78, 5) is 0. The third-order valence-electron chi connectivity index (χ3n) is 2.16. The van der Waals surface area contributed by atoms with Crippen LogP contribution in [0.1, 0.15) is 51.9 Å². The van der Waals surface area contributed by atoms with E-state index in [-0.39, 0.29) is 5.25 Å². The molecule has 0 spiro atoms. The van der Waals surface area contributed by atoms with Gasteiger partial charge in [0.15, 0.2) is 0 Å². The average molecular weight is 210 g/mol. The number of thioether (sulfide) groups is 1. The van der Waals surface area contributed by atoms with Crippen molar-refractivity contribution in [3.63, 3.8) is 0 Å². The maximum Gasteiger partial charge on any atom is 0.134 e. The summed E-state index contributed by atoms with van der Waals surface area (Å²) in [6.45, 7) is 2.20. The van der Waals surface area contributed by atoms with Crippen LogP contribution in [0.2, 0.25) is 0 Å². The smallest absolute Gasteiger partial charge is 0.134 e. The van der Waals surface area contributed by atoms with Crippen LogP contribution >= 0.6 is 11.8 Å². The minimum absolute atomic E-state index is 0.119. The highest BCUT2D eigenvalue weighted by Gasteiger charge is 2.06. The Morgan fingerprint density at radius 3 is 2.29 bits per heavy atom. The Labute approximate surface area is 91.3 Å². The van der Waals surface area contributed by atoms with E-state index >= 15 is 0 Å². The number of unbranched alkanes of at least 4 members (excludes halogenated alkanes) is 5. The van der Waals surface area contributed by atoms with Gasteiger partial charge < -0.3 is 0 Å². The molecule has 0 N–H and O–H groups in total. The molecule has 0 saturated heterocycles. The normalized spacial score (nSPS) is 11.6. The molecule has 0 aromatic carbocycles. The van der Waals surface area contributed by atoms with Crippen molar-refractivity contribution in [3.05, 3.63) is 0 Å². The van der Waals surface area contributed by atoms with E-state index in [1.54, 1.807) is 0 Å². The molecule has 78 valence electrons. The molecule has 3 heteroatoms. The van der Waals surface area contributed by atoms with Crippen LogP contribution in [0.3, 0.4) is 0 Å². The van der Waals surface area contributed by atoms with Crippen molar-refractivity contribution in [1.82, 2.24) is 0 Å². The predicted molar refractivity (Wildman–Crippen MR) is 60.6 cm³/mol. The van der Waals surface area contributed by atoms with Crippen molar-refractivity contribution >= 4 is 11.8 Å². The van der Waals surface area contributed by atoms with Gasteiger partial charge in [-0.25, -0.2) is 0 Å². The van der Waals surface area contributed by atoms with Gasteiger partial charge in [-0.05, 0) is 18.2 Å². The van der Waals surface area contributed by atoms with Crippen molar-refractivity contribution in [1.29, 1.82) is 10.5 Å². The second-order valence-electron chi connectivity index (χ2n) is 3.38. The molecule has 0 amide bonds.